The molecule has 0 aromatic heterocycles. The van der Waals surface area contributed by atoms with Crippen molar-refractivity contribution in [1.82, 2.24) is 15.1 Å². The zero-order valence-corrected chi connectivity index (χ0v) is 14.8. The number of nitrogens with one attached hydrogen (secondary N) is 1. The highest BCUT2D eigenvalue weighted by molar-refractivity contribution is 6.07. The standard InChI is InChI=1S/C19H27N3O2/c1-18(2)14-21(17(24)19(9-10-19)16(23)20-3)11-12-22(18)13-15-7-5-4-6-8-15/h4-8H,9-14H2,1-3H3,(H,20,23). The van der Waals surface area contributed by atoms with Crippen LogP contribution in [0.2, 0.25) is 0 Å². The Morgan fingerprint density at radius 3 is 2.33 bits per heavy atom. The Kier molecular flexibility index (Phi) is 4.38. The third-order valence-electron chi connectivity index (χ3n) is 5.40. The predicted octanol–water partition coefficient (Wildman–Crippen LogP) is 1.64. The molecule has 0 bridgehead atoms. The van der Waals surface area contributed by atoms with Crippen LogP contribution in [0.5, 0.6) is 0 Å². The van der Waals surface area contributed by atoms with Gasteiger partial charge in [-0.05, 0) is 32.3 Å². The van der Waals surface area contributed by atoms with E-state index in [0.29, 0.717) is 25.9 Å². The van der Waals surface area contributed by atoms with E-state index < -0.39 is 5.41 Å². The van der Waals surface area contributed by atoms with Crippen molar-refractivity contribution in [3.63, 3.8) is 0 Å². The molecule has 2 fully saturated rings. The molecule has 24 heavy (non-hydrogen) atoms. The summed E-state index contributed by atoms with van der Waals surface area (Å²) in [5.41, 5.74) is 0.393. The molecular weight excluding hydrogens is 302 g/mol. The van der Waals surface area contributed by atoms with Gasteiger partial charge in [-0.25, -0.2) is 0 Å². The SMILES string of the molecule is CNC(=O)C1(C(=O)N2CCN(Cc3ccccc3)C(C)(C)C2)CC1. The molecule has 1 saturated carbocycles. The maximum Gasteiger partial charge on any atom is 0.238 e. The second kappa shape index (κ2) is 6.20. The monoisotopic (exact) mass is 329 g/mol. The number of carbonyl (C=O) groups is 2. The van der Waals surface area contributed by atoms with Gasteiger partial charge in [-0.1, -0.05) is 30.3 Å². The van der Waals surface area contributed by atoms with E-state index in [4.69, 9.17) is 0 Å². The highest BCUT2D eigenvalue weighted by Gasteiger charge is 2.58. The summed E-state index contributed by atoms with van der Waals surface area (Å²) in [5.74, 6) is -0.119. The van der Waals surface area contributed by atoms with Gasteiger partial charge >= 0.3 is 0 Å². The molecule has 1 aromatic rings. The quantitative estimate of drug-likeness (QED) is 0.855. The van der Waals surface area contributed by atoms with E-state index >= 15 is 0 Å². The number of carbonyl (C=O) groups excluding carboxylic acids is 2. The second-order valence-electron chi connectivity index (χ2n) is 7.61. The molecule has 2 amide bonds. The second-order valence-corrected chi connectivity index (χ2v) is 7.61. The van der Waals surface area contributed by atoms with Gasteiger partial charge < -0.3 is 10.2 Å². The van der Waals surface area contributed by atoms with Crippen LogP contribution in [0.15, 0.2) is 30.3 Å². The van der Waals surface area contributed by atoms with Crippen LogP contribution in [0.3, 0.4) is 0 Å². The molecule has 0 radical (unpaired) electrons. The summed E-state index contributed by atoms with van der Waals surface area (Å²) in [6, 6.07) is 10.4. The van der Waals surface area contributed by atoms with Crippen molar-refractivity contribution in [1.29, 1.82) is 0 Å². The van der Waals surface area contributed by atoms with Crippen molar-refractivity contribution in [3.05, 3.63) is 35.9 Å². The van der Waals surface area contributed by atoms with Crippen LogP contribution in [-0.2, 0) is 16.1 Å². The Morgan fingerprint density at radius 1 is 1.12 bits per heavy atom. The van der Waals surface area contributed by atoms with Crippen LogP contribution in [-0.4, -0.2) is 53.8 Å². The van der Waals surface area contributed by atoms with E-state index in [-0.39, 0.29) is 17.4 Å². The normalized spacial score (nSPS) is 22.0. The van der Waals surface area contributed by atoms with Gasteiger partial charge in [0, 0.05) is 38.8 Å². The summed E-state index contributed by atoms with van der Waals surface area (Å²) in [6.07, 6.45) is 1.35. The molecule has 0 spiro atoms. The number of rotatable bonds is 4. The van der Waals surface area contributed by atoms with Crippen molar-refractivity contribution in [2.75, 3.05) is 26.7 Å². The number of hydrogen-bond donors (Lipinski definition) is 1. The fraction of sp³-hybridized carbons (Fsp3) is 0.579. The lowest BCUT2D eigenvalue weighted by Crippen LogP contribution is -2.61. The molecule has 3 rings (SSSR count). The summed E-state index contributed by atoms with van der Waals surface area (Å²) >= 11 is 0. The topological polar surface area (TPSA) is 52.7 Å². The Morgan fingerprint density at radius 2 is 1.79 bits per heavy atom. The van der Waals surface area contributed by atoms with E-state index in [0.717, 1.165) is 13.1 Å². The molecule has 5 nitrogen and oxygen atoms in total. The van der Waals surface area contributed by atoms with Gasteiger partial charge in [0.25, 0.3) is 0 Å². The molecule has 5 heteroatoms. The van der Waals surface area contributed by atoms with Crippen molar-refractivity contribution >= 4 is 11.8 Å². The minimum atomic E-state index is -0.785. The van der Waals surface area contributed by atoms with Crippen molar-refractivity contribution < 1.29 is 9.59 Å². The summed E-state index contributed by atoms with van der Waals surface area (Å²) in [5, 5.41) is 2.65. The van der Waals surface area contributed by atoms with Crippen LogP contribution in [0, 0.1) is 5.41 Å². The molecule has 1 saturated heterocycles. The smallest absolute Gasteiger partial charge is 0.238 e. The number of nitrogens with zero attached hydrogens (tertiary/aromatic N) is 2. The van der Waals surface area contributed by atoms with Gasteiger partial charge in [-0.15, -0.1) is 0 Å². The zero-order chi connectivity index (χ0) is 17.4. The average Bonchev–Trinajstić information content (AvgIpc) is 3.38. The minimum absolute atomic E-state index is 0.00860. The fourth-order valence-electron chi connectivity index (χ4n) is 3.67. The Hall–Kier alpha value is -1.88. The molecule has 2 aliphatic rings. The van der Waals surface area contributed by atoms with Crippen LogP contribution in [0.1, 0.15) is 32.3 Å². The summed E-state index contributed by atoms with van der Waals surface area (Å²) in [6.45, 7) is 7.42. The van der Waals surface area contributed by atoms with E-state index in [1.807, 2.05) is 11.0 Å². The largest absolute Gasteiger partial charge is 0.358 e. The van der Waals surface area contributed by atoms with Crippen LogP contribution in [0.25, 0.3) is 0 Å². The number of hydrogen-bond acceptors (Lipinski definition) is 3. The van der Waals surface area contributed by atoms with Gasteiger partial charge in [-0.2, -0.15) is 0 Å². The minimum Gasteiger partial charge on any atom is -0.358 e. The fourth-order valence-corrected chi connectivity index (χ4v) is 3.67. The maximum atomic E-state index is 12.9. The molecule has 0 atom stereocenters. The van der Waals surface area contributed by atoms with E-state index in [1.165, 1.54) is 5.56 Å². The molecular formula is C19H27N3O2. The van der Waals surface area contributed by atoms with Gasteiger partial charge in [0.05, 0.1) is 0 Å². The highest BCUT2D eigenvalue weighted by atomic mass is 16.2. The summed E-state index contributed by atoms with van der Waals surface area (Å²) in [4.78, 5) is 29.3. The molecule has 1 aliphatic carbocycles. The Balaban J connectivity index is 1.67. The summed E-state index contributed by atoms with van der Waals surface area (Å²) < 4.78 is 0. The lowest BCUT2D eigenvalue weighted by Gasteiger charge is -2.47. The Bertz CT molecular complexity index is 623. The van der Waals surface area contributed by atoms with E-state index in [2.05, 4.69) is 48.3 Å². The molecule has 0 unspecified atom stereocenters. The third kappa shape index (κ3) is 3.05. The van der Waals surface area contributed by atoms with E-state index in [9.17, 15) is 9.59 Å². The van der Waals surface area contributed by atoms with Crippen molar-refractivity contribution in [2.45, 2.75) is 38.8 Å². The lowest BCUT2D eigenvalue weighted by molar-refractivity contribution is -0.148. The van der Waals surface area contributed by atoms with Gasteiger partial charge in [0.1, 0.15) is 5.41 Å². The Labute approximate surface area is 144 Å². The maximum absolute atomic E-state index is 12.9. The molecule has 1 N–H and O–H groups in total. The third-order valence-corrected chi connectivity index (χ3v) is 5.40. The number of piperazine rings is 1. The average molecular weight is 329 g/mol. The van der Waals surface area contributed by atoms with Gasteiger partial charge in [0.15, 0.2) is 0 Å². The van der Waals surface area contributed by atoms with Gasteiger partial charge in [0.2, 0.25) is 11.8 Å². The number of amides is 2. The highest BCUT2D eigenvalue weighted by Crippen LogP contribution is 2.48. The summed E-state index contributed by atoms with van der Waals surface area (Å²) in [7, 11) is 1.61. The molecule has 1 aliphatic heterocycles. The molecule has 1 heterocycles. The lowest BCUT2D eigenvalue weighted by atomic mass is 9.95. The van der Waals surface area contributed by atoms with Crippen LogP contribution >= 0.6 is 0 Å². The van der Waals surface area contributed by atoms with E-state index in [1.54, 1.807) is 7.05 Å². The van der Waals surface area contributed by atoms with Gasteiger partial charge in [-0.3, -0.25) is 14.5 Å². The predicted molar refractivity (Wildman–Crippen MR) is 93.2 cm³/mol. The van der Waals surface area contributed by atoms with Crippen LogP contribution < -0.4 is 5.32 Å². The number of benzene rings is 1. The van der Waals surface area contributed by atoms with Crippen molar-refractivity contribution in [3.8, 4) is 0 Å². The van der Waals surface area contributed by atoms with Crippen LogP contribution in [0.4, 0.5) is 0 Å². The first-order valence-corrected chi connectivity index (χ1v) is 8.70. The zero-order valence-electron chi connectivity index (χ0n) is 14.8. The molecule has 130 valence electrons. The van der Waals surface area contributed by atoms with Crippen molar-refractivity contribution in [2.24, 2.45) is 5.41 Å². The first-order chi connectivity index (χ1) is 11.4. The molecule has 1 aromatic carbocycles. The first kappa shape index (κ1) is 17.0. The first-order valence-electron chi connectivity index (χ1n) is 8.70.